The summed E-state index contributed by atoms with van der Waals surface area (Å²) in [6.07, 6.45) is 2.32. The van der Waals surface area contributed by atoms with Crippen LogP contribution < -0.4 is 10.1 Å². The summed E-state index contributed by atoms with van der Waals surface area (Å²) in [5, 5.41) is 3.81. The van der Waals surface area contributed by atoms with Crippen LogP contribution in [0.25, 0.3) is 0 Å². The highest BCUT2D eigenvalue weighted by atomic mass is 35.5. The first-order valence-electron chi connectivity index (χ1n) is 6.67. The van der Waals surface area contributed by atoms with Crippen LogP contribution in [0.15, 0.2) is 42.5 Å². The molecule has 2 aromatic carbocycles. The first-order chi connectivity index (χ1) is 9.74. The van der Waals surface area contributed by atoms with Gasteiger partial charge in [-0.05, 0) is 37.1 Å². The van der Waals surface area contributed by atoms with Gasteiger partial charge in [0.25, 0.3) is 0 Å². The molecule has 2 nitrogen and oxygen atoms in total. The summed E-state index contributed by atoms with van der Waals surface area (Å²) >= 11 is 6.07. The van der Waals surface area contributed by atoms with E-state index in [1.807, 2.05) is 12.1 Å². The lowest BCUT2D eigenvalue weighted by molar-refractivity contribution is 0.462. The van der Waals surface area contributed by atoms with Crippen molar-refractivity contribution in [1.82, 2.24) is 5.32 Å². The van der Waals surface area contributed by atoms with Crippen molar-refractivity contribution >= 4 is 11.6 Å². The van der Waals surface area contributed by atoms with Crippen LogP contribution >= 0.6 is 11.6 Å². The third kappa shape index (κ3) is 3.11. The molecule has 1 N–H and O–H groups in total. The van der Waals surface area contributed by atoms with Gasteiger partial charge in [-0.1, -0.05) is 29.8 Å². The van der Waals surface area contributed by atoms with Gasteiger partial charge in [0, 0.05) is 18.2 Å². The van der Waals surface area contributed by atoms with Crippen molar-refractivity contribution in [2.45, 2.75) is 25.4 Å². The van der Waals surface area contributed by atoms with Crippen LogP contribution in [0.2, 0.25) is 5.02 Å². The molecule has 0 saturated heterocycles. The Morgan fingerprint density at radius 1 is 1.10 bits per heavy atom. The van der Waals surface area contributed by atoms with Gasteiger partial charge in [-0.2, -0.15) is 0 Å². The molecule has 0 bridgehead atoms. The molecule has 1 aliphatic carbocycles. The third-order valence-electron chi connectivity index (χ3n) is 3.28. The van der Waals surface area contributed by atoms with Gasteiger partial charge in [0.2, 0.25) is 0 Å². The second-order valence-corrected chi connectivity index (χ2v) is 5.31. The van der Waals surface area contributed by atoms with Crippen molar-refractivity contribution in [3.05, 3.63) is 58.9 Å². The quantitative estimate of drug-likeness (QED) is 0.874. The van der Waals surface area contributed by atoms with Crippen LogP contribution in [0.4, 0.5) is 4.39 Å². The maximum Gasteiger partial charge on any atom is 0.146 e. The maximum atomic E-state index is 14.0. The Labute approximate surface area is 122 Å². The van der Waals surface area contributed by atoms with Gasteiger partial charge in [-0.15, -0.1) is 0 Å². The maximum absolute atomic E-state index is 14.0. The molecule has 1 saturated carbocycles. The Kier molecular flexibility index (Phi) is 3.90. The number of halogens is 2. The van der Waals surface area contributed by atoms with E-state index in [9.17, 15) is 4.39 Å². The summed E-state index contributed by atoms with van der Waals surface area (Å²) in [5.41, 5.74) is 0.541. The van der Waals surface area contributed by atoms with Gasteiger partial charge in [-0.25, -0.2) is 4.39 Å². The van der Waals surface area contributed by atoms with Gasteiger partial charge < -0.3 is 10.1 Å². The van der Waals surface area contributed by atoms with Crippen molar-refractivity contribution in [3.8, 4) is 11.5 Å². The van der Waals surface area contributed by atoms with Gasteiger partial charge in [0.15, 0.2) is 0 Å². The summed E-state index contributed by atoms with van der Waals surface area (Å²) < 4.78 is 19.7. The molecular formula is C16H15ClFNO. The highest BCUT2D eigenvalue weighted by Crippen LogP contribution is 2.32. The minimum Gasteiger partial charge on any atom is -0.455 e. The van der Waals surface area contributed by atoms with E-state index in [0.717, 1.165) is 12.8 Å². The first kappa shape index (κ1) is 13.4. The molecule has 0 radical (unpaired) electrons. The summed E-state index contributed by atoms with van der Waals surface area (Å²) in [4.78, 5) is 0. The summed E-state index contributed by atoms with van der Waals surface area (Å²) in [5.74, 6) is 0.779. The fraction of sp³-hybridized carbons (Fsp3) is 0.250. The van der Waals surface area contributed by atoms with Gasteiger partial charge in [-0.3, -0.25) is 0 Å². The van der Waals surface area contributed by atoms with Crippen LogP contribution in [0.5, 0.6) is 11.5 Å². The molecule has 0 aliphatic heterocycles. The SMILES string of the molecule is Fc1cccc(Oc2ccccc2Cl)c1CNC1CC1. The lowest BCUT2D eigenvalue weighted by Crippen LogP contribution is -2.16. The molecule has 4 heteroatoms. The molecule has 0 heterocycles. The topological polar surface area (TPSA) is 21.3 Å². The van der Waals surface area contributed by atoms with E-state index in [-0.39, 0.29) is 5.82 Å². The van der Waals surface area contributed by atoms with E-state index in [1.54, 1.807) is 24.3 Å². The predicted octanol–water partition coefficient (Wildman–Crippen LogP) is 4.52. The lowest BCUT2D eigenvalue weighted by Gasteiger charge is -2.13. The summed E-state index contributed by atoms with van der Waals surface area (Å²) in [7, 11) is 0. The second-order valence-electron chi connectivity index (χ2n) is 4.90. The van der Waals surface area contributed by atoms with E-state index >= 15 is 0 Å². The zero-order chi connectivity index (χ0) is 13.9. The molecule has 0 aromatic heterocycles. The Morgan fingerprint density at radius 3 is 2.60 bits per heavy atom. The van der Waals surface area contributed by atoms with E-state index in [2.05, 4.69) is 5.32 Å². The van der Waals surface area contributed by atoms with Crippen molar-refractivity contribution in [2.24, 2.45) is 0 Å². The Bertz CT molecular complexity index is 613. The fourth-order valence-electron chi connectivity index (χ4n) is 1.99. The molecule has 0 atom stereocenters. The molecular weight excluding hydrogens is 277 g/mol. The smallest absolute Gasteiger partial charge is 0.146 e. The number of rotatable bonds is 5. The molecule has 1 fully saturated rings. The Balaban J connectivity index is 1.84. The van der Waals surface area contributed by atoms with Crippen LogP contribution in [0.1, 0.15) is 18.4 Å². The molecule has 1 aliphatic rings. The number of ether oxygens (including phenoxy) is 1. The minimum absolute atomic E-state index is 0.261. The molecule has 20 heavy (non-hydrogen) atoms. The number of nitrogens with one attached hydrogen (secondary N) is 1. The number of hydrogen-bond donors (Lipinski definition) is 1. The third-order valence-corrected chi connectivity index (χ3v) is 3.59. The molecule has 3 rings (SSSR count). The number of hydrogen-bond acceptors (Lipinski definition) is 2. The van der Waals surface area contributed by atoms with Crippen molar-refractivity contribution < 1.29 is 9.13 Å². The Morgan fingerprint density at radius 2 is 1.85 bits per heavy atom. The van der Waals surface area contributed by atoms with Crippen LogP contribution in [0.3, 0.4) is 0 Å². The van der Waals surface area contributed by atoms with Crippen molar-refractivity contribution in [3.63, 3.8) is 0 Å². The standard InChI is InChI=1S/C16H15ClFNO/c17-13-4-1-2-6-16(13)20-15-7-3-5-14(18)12(15)10-19-11-8-9-11/h1-7,11,19H,8-10H2. The highest BCUT2D eigenvalue weighted by Gasteiger charge is 2.21. The highest BCUT2D eigenvalue weighted by molar-refractivity contribution is 6.32. The predicted molar refractivity (Wildman–Crippen MR) is 77.8 cm³/mol. The Hall–Kier alpha value is -1.58. The molecule has 0 unspecified atom stereocenters. The van der Waals surface area contributed by atoms with Crippen LogP contribution in [-0.2, 0) is 6.54 Å². The summed E-state index contributed by atoms with van der Waals surface area (Å²) in [6, 6.07) is 12.5. The fourth-order valence-corrected chi connectivity index (χ4v) is 2.16. The summed E-state index contributed by atoms with van der Waals surface area (Å²) in [6.45, 7) is 0.469. The normalized spacial score (nSPS) is 14.3. The van der Waals surface area contributed by atoms with E-state index in [1.165, 1.54) is 6.07 Å². The number of para-hydroxylation sites is 1. The minimum atomic E-state index is -0.261. The zero-order valence-electron chi connectivity index (χ0n) is 10.9. The van der Waals surface area contributed by atoms with E-state index in [0.29, 0.717) is 34.7 Å². The van der Waals surface area contributed by atoms with Gasteiger partial charge in [0.05, 0.1) is 5.02 Å². The van der Waals surface area contributed by atoms with Crippen molar-refractivity contribution in [2.75, 3.05) is 0 Å². The van der Waals surface area contributed by atoms with Crippen LogP contribution in [-0.4, -0.2) is 6.04 Å². The largest absolute Gasteiger partial charge is 0.455 e. The molecule has 2 aromatic rings. The monoisotopic (exact) mass is 291 g/mol. The lowest BCUT2D eigenvalue weighted by atomic mass is 10.2. The van der Waals surface area contributed by atoms with Crippen LogP contribution in [0, 0.1) is 5.82 Å². The van der Waals surface area contributed by atoms with Gasteiger partial charge in [0.1, 0.15) is 17.3 Å². The average Bonchev–Trinajstić information content (AvgIpc) is 3.25. The zero-order valence-corrected chi connectivity index (χ0v) is 11.7. The van der Waals surface area contributed by atoms with Gasteiger partial charge >= 0.3 is 0 Å². The van der Waals surface area contributed by atoms with Crippen molar-refractivity contribution in [1.29, 1.82) is 0 Å². The average molecular weight is 292 g/mol. The number of benzene rings is 2. The first-order valence-corrected chi connectivity index (χ1v) is 7.05. The van der Waals surface area contributed by atoms with E-state index < -0.39 is 0 Å². The molecule has 0 spiro atoms. The van der Waals surface area contributed by atoms with E-state index in [4.69, 9.17) is 16.3 Å². The molecule has 104 valence electrons. The molecule has 0 amide bonds. The second kappa shape index (κ2) is 5.81.